The molecule has 1 aliphatic heterocycles. The first kappa shape index (κ1) is 17.4. The lowest BCUT2D eigenvalue weighted by Gasteiger charge is -2.36. The summed E-state index contributed by atoms with van der Waals surface area (Å²) in [7, 11) is 2.14. The van der Waals surface area contributed by atoms with Gasteiger partial charge >= 0.3 is 0 Å². The van der Waals surface area contributed by atoms with Crippen LogP contribution in [0, 0.1) is 6.92 Å². The molecule has 0 unspecified atom stereocenters. The van der Waals surface area contributed by atoms with E-state index < -0.39 is 0 Å². The lowest BCUT2D eigenvalue weighted by molar-refractivity contribution is -0.0394. The van der Waals surface area contributed by atoms with Crippen molar-refractivity contribution in [3.05, 3.63) is 52.8 Å². The predicted octanol–water partition coefficient (Wildman–Crippen LogP) is 2.51. The summed E-state index contributed by atoms with van der Waals surface area (Å²) in [4.78, 5) is 2.32. The Balaban J connectivity index is 1.67. The van der Waals surface area contributed by atoms with Crippen LogP contribution in [0.15, 0.2) is 36.7 Å². The number of ether oxygens (including phenoxy) is 1. The van der Waals surface area contributed by atoms with Crippen LogP contribution in [0.4, 0.5) is 0 Å². The number of hydrogen-bond donors (Lipinski definition) is 1. The highest BCUT2D eigenvalue weighted by molar-refractivity contribution is 6.30. The van der Waals surface area contributed by atoms with E-state index in [4.69, 9.17) is 16.3 Å². The van der Waals surface area contributed by atoms with E-state index in [1.54, 1.807) is 0 Å². The Hall–Kier alpha value is -1.40. The van der Waals surface area contributed by atoms with Crippen molar-refractivity contribution in [1.29, 1.82) is 0 Å². The van der Waals surface area contributed by atoms with Crippen LogP contribution in [0.25, 0.3) is 0 Å². The maximum atomic E-state index is 6.04. The van der Waals surface area contributed by atoms with Gasteiger partial charge in [0, 0.05) is 30.9 Å². The largest absolute Gasteiger partial charge is 0.374 e. The van der Waals surface area contributed by atoms with Crippen LogP contribution in [0.1, 0.15) is 17.2 Å². The summed E-state index contributed by atoms with van der Waals surface area (Å²) in [5, 5.41) is 8.74. The molecule has 0 bridgehead atoms. The normalized spacial score (nSPS) is 20.2. The van der Waals surface area contributed by atoms with Gasteiger partial charge in [-0.25, -0.2) is 0 Å². The van der Waals surface area contributed by atoms with Gasteiger partial charge < -0.3 is 15.0 Å². The number of benzene rings is 1. The average Bonchev–Trinajstić information content (AvgIpc) is 2.98. The standard InChI is InChI=1S/C18H25ClN4O/c1-14-11-21-23(12-14)8-7-20-18(15-3-5-16(19)6-4-15)17-13-22(2)9-10-24-17/h3-6,11-12,17-18,20H,7-10,13H2,1-2H3/t17-,18+/m0/s1. The minimum atomic E-state index is 0.129. The molecule has 1 N–H and O–H groups in total. The van der Waals surface area contributed by atoms with E-state index in [0.29, 0.717) is 0 Å². The first-order chi connectivity index (χ1) is 11.6. The highest BCUT2D eigenvalue weighted by Gasteiger charge is 2.27. The summed E-state index contributed by atoms with van der Waals surface area (Å²) in [6.07, 6.45) is 4.07. The molecule has 24 heavy (non-hydrogen) atoms. The molecule has 1 aromatic carbocycles. The van der Waals surface area contributed by atoms with Gasteiger partial charge in [-0.05, 0) is 37.2 Å². The SMILES string of the molecule is Cc1cnn(CCN[C@H](c2ccc(Cl)cc2)[C@@H]2CN(C)CCO2)c1. The number of aromatic nitrogens is 2. The highest BCUT2D eigenvalue weighted by atomic mass is 35.5. The van der Waals surface area contributed by atoms with E-state index in [1.165, 1.54) is 11.1 Å². The van der Waals surface area contributed by atoms with Crippen molar-refractivity contribution in [2.75, 3.05) is 33.3 Å². The summed E-state index contributed by atoms with van der Waals surface area (Å²) in [5.74, 6) is 0. The quantitative estimate of drug-likeness (QED) is 0.871. The molecular formula is C18H25ClN4O. The third kappa shape index (κ3) is 4.57. The van der Waals surface area contributed by atoms with Crippen molar-refractivity contribution in [2.45, 2.75) is 25.6 Å². The molecule has 5 nitrogen and oxygen atoms in total. The molecule has 130 valence electrons. The van der Waals surface area contributed by atoms with E-state index in [9.17, 15) is 0 Å². The molecule has 2 heterocycles. The summed E-state index contributed by atoms with van der Waals surface area (Å²) < 4.78 is 8.01. The number of aryl methyl sites for hydroxylation is 1. The number of hydrogen-bond acceptors (Lipinski definition) is 4. The van der Waals surface area contributed by atoms with Gasteiger partial charge in [0.05, 0.1) is 31.5 Å². The molecule has 0 radical (unpaired) electrons. The summed E-state index contributed by atoms with van der Waals surface area (Å²) in [5.41, 5.74) is 2.39. The summed E-state index contributed by atoms with van der Waals surface area (Å²) in [6, 6.07) is 8.18. The smallest absolute Gasteiger partial charge is 0.0896 e. The fourth-order valence-corrected chi connectivity index (χ4v) is 3.20. The van der Waals surface area contributed by atoms with Crippen molar-refractivity contribution < 1.29 is 4.74 Å². The van der Waals surface area contributed by atoms with Crippen molar-refractivity contribution >= 4 is 11.6 Å². The first-order valence-electron chi connectivity index (χ1n) is 8.40. The van der Waals surface area contributed by atoms with Crippen LogP contribution in [-0.4, -0.2) is 54.1 Å². The Labute approximate surface area is 148 Å². The molecule has 1 saturated heterocycles. The third-order valence-corrected chi connectivity index (χ3v) is 4.62. The van der Waals surface area contributed by atoms with Gasteiger partial charge in [0.2, 0.25) is 0 Å². The molecule has 6 heteroatoms. The first-order valence-corrected chi connectivity index (χ1v) is 8.77. The van der Waals surface area contributed by atoms with Gasteiger partial charge in [0.15, 0.2) is 0 Å². The Morgan fingerprint density at radius 2 is 2.17 bits per heavy atom. The topological polar surface area (TPSA) is 42.3 Å². The number of nitrogens with zero attached hydrogens (tertiary/aromatic N) is 3. The summed E-state index contributed by atoms with van der Waals surface area (Å²) in [6.45, 7) is 6.39. The van der Waals surface area contributed by atoms with Gasteiger partial charge in [0.1, 0.15) is 0 Å². The van der Waals surface area contributed by atoms with Crippen LogP contribution in [0.3, 0.4) is 0 Å². The second-order valence-corrected chi connectivity index (χ2v) is 6.87. The zero-order valence-electron chi connectivity index (χ0n) is 14.3. The third-order valence-electron chi connectivity index (χ3n) is 4.36. The fraction of sp³-hybridized carbons (Fsp3) is 0.500. The maximum absolute atomic E-state index is 6.04. The molecule has 0 spiro atoms. The Bertz CT molecular complexity index is 643. The van der Waals surface area contributed by atoms with Crippen molar-refractivity contribution in [3.8, 4) is 0 Å². The van der Waals surface area contributed by atoms with Crippen LogP contribution >= 0.6 is 11.6 Å². The molecule has 2 atom stereocenters. The molecule has 0 aliphatic carbocycles. The van der Waals surface area contributed by atoms with Crippen molar-refractivity contribution in [2.24, 2.45) is 0 Å². The Morgan fingerprint density at radius 3 is 2.83 bits per heavy atom. The fourth-order valence-electron chi connectivity index (χ4n) is 3.07. The minimum Gasteiger partial charge on any atom is -0.374 e. The monoisotopic (exact) mass is 348 g/mol. The average molecular weight is 349 g/mol. The molecule has 1 fully saturated rings. The molecule has 1 aromatic heterocycles. The Kier molecular flexibility index (Phi) is 5.89. The van der Waals surface area contributed by atoms with Crippen LogP contribution < -0.4 is 5.32 Å². The van der Waals surface area contributed by atoms with Crippen molar-refractivity contribution in [3.63, 3.8) is 0 Å². The van der Waals surface area contributed by atoms with Gasteiger partial charge in [-0.1, -0.05) is 23.7 Å². The van der Waals surface area contributed by atoms with Crippen molar-refractivity contribution in [1.82, 2.24) is 20.0 Å². The van der Waals surface area contributed by atoms with Gasteiger partial charge in [-0.15, -0.1) is 0 Å². The molecule has 2 aromatic rings. The molecule has 0 saturated carbocycles. The lowest BCUT2D eigenvalue weighted by atomic mass is 10.00. The number of morpholine rings is 1. The number of halogens is 1. The highest BCUT2D eigenvalue weighted by Crippen LogP contribution is 2.23. The number of nitrogens with one attached hydrogen (secondary N) is 1. The molecular weight excluding hydrogens is 324 g/mol. The van der Waals surface area contributed by atoms with E-state index in [2.05, 4.69) is 47.6 Å². The Morgan fingerprint density at radius 1 is 1.38 bits per heavy atom. The number of rotatable bonds is 6. The molecule has 1 aliphatic rings. The lowest BCUT2D eigenvalue weighted by Crippen LogP contribution is -2.47. The maximum Gasteiger partial charge on any atom is 0.0896 e. The van der Waals surface area contributed by atoms with E-state index in [1.807, 2.05) is 23.0 Å². The van der Waals surface area contributed by atoms with Crippen LogP contribution in [0.5, 0.6) is 0 Å². The van der Waals surface area contributed by atoms with E-state index >= 15 is 0 Å². The zero-order valence-corrected chi connectivity index (χ0v) is 15.0. The zero-order chi connectivity index (χ0) is 16.9. The van der Waals surface area contributed by atoms with Crippen LogP contribution in [-0.2, 0) is 11.3 Å². The second-order valence-electron chi connectivity index (χ2n) is 6.44. The van der Waals surface area contributed by atoms with Gasteiger partial charge in [0.25, 0.3) is 0 Å². The summed E-state index contributed by atoms with van der Waals surface area (Å²) >= 11 is 6.04. The van der Waals surface area contributed by atoms with Crippen LogP contribution in [0.2, 0.25) is 5.02 Å². The van der Waals surface area contributed by atoms with Gasteiger partial charge in [-0.2, -0.15) is 5.10 Å². The predicted molar refractivity (Wildman–Crippen MR) is 96.4 cm³/mol. The minimum absolute atomic E-state index is 0.129. The second kappa shape index (κ2) is 8.12. The molecule has 0 amide bonds. The number of likely N-dealkylation sites (N-methyl/N-ethyl adjacent to an activating group) is 1. The van der Waals surface area contributed by atoms with E-state index in [-0.39, 0.29) is 12.1 Å². The van der Waals surface area contributed by atoms with E-state index in [0.717, 1.165) is 37.8 Å². The van der Waals surface area contributed by atoms with Gasteiger partial charge in [-0.3, -0.25) is 4.68 Å². The molecule has 3 rings (SSSR count).